The van der Waals surface area contributed by atoms with E-state index in [9.17, 15) is 4.79 Å². The lowest BCUT2D eigenvalue weighted by molar-refractivity contribution is -0.132. The van der Waals surface area contributed by atoms with Gasteiger partial charge in [-0.1, -0.05) is 0 Å². The van der Waals surface area contributed by atoms with Crippen LogP contribution in [0.5, 0.6) is 0 Å². The first-order valence-electron chi connectivity index (χ1n) is 11.0. The van der Waals surface area contributed by atoms with E-state index in [1.165, 1.54) is 25.7 Å². The smallest absolute Gasteiger partial charge is 0.222 e. The summed E-state index contributed by atoms with van der Waals surface area (Å²) in [7, 11) is 0. The Morgan fingerprint density at radius 1 is 0.931 bits per heavy atom. The van der Waals surface area contributed by atoms with Crippen LogP contribution in [0.4, 0.5) is 5.82 Å². The topological polar surface area (TPSA) is 67.2 Å². The molecular formula is C22H32N6O. The highest BCUT2D eigenvalue weighted by molar-refractivity contribution is 5.76. The van der Waals surface area contributed by atoms with Gasteiger partial charge in [-0.2, -0.15) is 5.10 Å². The fourth-order valence-electron chi connectivity index (χ4n) is 4.54. The molecule has 29 heavy (non-hydrogen) atoms. The summed E-state index contributed by atoms with van der Waals surface area (Å²) < 4.78 is 1.91. The van der Waals surface area contributed by atoms with Gasteiger partial charge in [0.05, 0.1) is 5.69 Å². The Kier molecular flexibility index (Phi) is 6.11. The summed E-state index contributed by atoms with van der Waals surface area (Å²) in [6, 6.07) is 2.04. The molecule has 0 radical (unpaired) electrons. The van der Waals surface area contributed by atoms with Crippen molar-refractivity contribution < 1.29 is 4.79 Å². The number of carbonyl (C=O) groups excluding carboxylic acids is 1. The molecule has 7 nitrogen and oxygen atoms in total. The molecule has 0 aromatic carbocycles. The number of amides is 1. The maximum Gasteiger partial charge on any atom is 0.222 e. The Hall–Kier alpha value is -2.44. The van der Waals surface area contributed by atoms with Gasteiger partial charge >= 0.3 is 0 Å². The van der Waals surface area contributed by atoms with Crippen molar-refractivity contribution in [2.45, 2.75) is 65.2 Å². The Morgan fingerprint density at radius 2 is 1.59 bits per heavy atom. The van der Waals surface area contributed by atoms with E-state index in [1.807, 2.05) is 22.6 Å². The lowest BCUT2D eigenvalue weighted by atomic mass is 10.1. The fraction of sp³-hybridized carbons (Fsp3) is 0.636. The van der Waals surface area contributed by atoms with E-state index >= 15 is 0 Å². The minimum Gasteiger partial charge on any atom is -0.356 e. The summed E-state index contributed by atoms with van der Waals surface area (Å²) in [6.07, 6.45) is 10.2. The zero-order valence-corrected chi connectivity index (χ0v) is 17.7. The third kappa shape index (κ3) is 4.43. The van der Waals surface area contributed by atoms with Crippen molar-refractivity contribution in [1.82, 2.24) is 24.6 Å². The van der Waals surface area contributed by atoms with E-state index in [0.717, 1.165) is 74.0 Å². The van der Waals surface area contributed by atoms with Crippen LogP contribution in [0, 0.1) is 13.8 Å². The zero-order chi connectivity index (χ0) is 20.2. The first-order chi connectivity index (χ1) is 14.1. The van der Waals surface area contributed by atoms with Gasteiger partial charge in [0.25, 0.3) is 0 Å². The number of likely N-dealkylation sites (tertiary alicyclic amines) is 1. The molecule has 2 fully saturated rings. The summed E-state index contributed by atoms with van der Waals surface area (Å²) in [6.45, 7) is 8.03. The minimum absolute atomic E-state index is 0.269. The highest BCUT2D eigenvalue weighted by Gasteiger charge is 2.20. The van der Waals surface area contributed by atoms with Crippen molar-refractivity contribution in [2.24, 2.45) is 0 Å². The van der Waals surface area contributed by atoms with Gasteiger partial charge in [0.1, 0.15) is 12.1 Å². The Balaban J connectivity index is 1.49. The van der Waals surface area contributed by atoms with Crippen LogP contribution in [0.25, 0.3) is 5.82 Å². The van der Waals surface area contributed by atoms with E-state index in [0.29, 0.717) is 6.42 Å². The van der Waals surface area contributed by atoms with Crippen LogP contribution in [0.3, 0.4) is 0 Å². The normalized spacial score (nSPS) is 17.6. The van der Waals surface area contributed by atoms with Gasteiger partial charge in [-0.05, 0) is 64.4 Å². The van der Waals surface area contributed by atoms with Gasteiger partial charge in [-0.25, -0.2) is 14.6 Å². The molecule has 2 aromatic heterocycles. The van der Waals surface area contributed by atoms with Gasteiger partial charge in [-0.3, -0.25) is 4.79 Å². The lowest BCUT2D eigenvalue weighted by Crippen LogP contribution is -2.35. The van der Waals surface area contributed by atoms with Crippen LogP contribution < -0.4 is 4.90 Å². The average molecular weight is 397 g/mol. The summed E-state index contributed by atoms with van der Waals surface area (Å²) in [5.41, 5.74) is 3.21. The number of rotatable bonds is 5. The third-order valence-electron chi connectivity index (χ3n) is 6.27. The van der Waals surface area contributed by atoms with Crippen LogP contribution in [0.1, 0.15) is 61.9 Å². The molecule has 0 spiro atoms. The van der Waals surface area contributed by atoms with E-state index in [-0.39, 0.29) is 5.91 Å². The Bertz CT molecular complexity index is 849. The molecule has 7 heteroatoms. The molecule has 0 atom stereocenters. The summed E-state index contributed by atoms with van der Waals surface area (Å²) in [5.74, 6) is 2.05. The first kappa shape index (κ1) is 19.9. The van der Waals surface area contributed by atoms with Crippen molar-refractivity contribution in [3.63, 3.8) is 0 Å². The molecule has 0 bridgehead atoms. The molecule has 0 unspecified atom stereocenters. The van der Waals surface area contributed by atoms with Crippen molar-refractivity contribution in [3.05, 3.63) is 29.3 Å². The van der Waals surface area contributed by atoms with Gasteiger partial charge in [0.2, 0.25) is 5.91 Å². The fourth-order valence-corrected chi connectivity index (χ4v) is 4.54. The van der Waals surface area contributed by atoms with Gasteiger partial charge < -0.3 is 9.80 Å². The number of hydrogen-bond donors (Lipinski definition) is 0. The minimum atomic E-state index is 0.269. The molecule has 2 aliphatic rings. The Morgan fingerprint density at radius 3 is 2.31 bits per heavy atom. The second-order valence-electron chi connectivity index (χ2n) is 8.28. The van der Waals surface area contributed by atoms with Gasteiger partial charge in [0, 0.05) is 44.4 Å². The molecule has 2 aromatic rings. The molecule has 4 rings (SSSR count). The number of aryl methyl sites for hydroxylation is 1. The molecule has 0 aliphatic carbocycles. The van der Waals surface area contributed by atoms with Crippen LogP contribution in [0.2, 0.25) is 0 Å². The quantitative estimate of drug-likeness (QED) is 0.776. The second-order valence-corrected chi connectivity index (χ2v) is 8.28. The predicted octanol–water partition coefficient (Wildman–Crippen LogP) is 3.21. The largest absolute Gasteiger partial charge is 0.356 e. The summed E-state index contributed by atoms with van der Waals surface area (Å²) in [4.78, 5) is 25.9. The van der Waals surface area contributed by atoms with E-state index in [1.54, 1.807) is 6.33 Å². The van der Waals surface area contributed by atoms with Crippen LogP contribution in [0.15, 0.2) is 12.4 Å². The molecule has 2 saturated heterocycles. The number of anilines is 1. The van der Waals surface area contributed by atoms with Crippen molar-refractivity contribution >= 4 is 11.7 Å². The van der Waals surface area contributed by atoms with Crippen LogP contribution in [-0.2, 0) is 11.2 Å². The van der Waals surface area contributed by atoms with E-state index in [2.05, 4.69) is 21.8 Å². The van der Waals surface area contributed by atoms with Crippen LogP contribution >= 0.6 is 0 Å². The van der Waals surface area contributed by atoms with Crippen molar-refractivity contribution in [2.75, 3.05) is 31.1 Å². The maximum atomic E-state index is 12.6. The third-order valence-corrected chi connectivity index (χ3v) is 6.27. The SMILES string of the molecule is Cc1nn(-c2cc(N3CCCCC3)ncn2)c(C)c1CCC(=O)N1CCCCC1. The standard InChI is InChI=1S/C22H32N6O/c1-17-19(9-10-22(29)27-13-7-4-8-14-27)18(2)28(25-17)21-15-20(23-16-24-21)26-11-5-3-6-12-26/h15-16H,3-14H2,1-2H3. The van der Waals surface area contributed by atoms with Gasteiger partial charge in [-0.15, -0.1) is 0 Å². The van der Waals surface area contributed by atoms with Crippen molar-refractivity contribution in [3.8, 4) is 5.82 Å². The molecule has 2 aliphatic heterocycles. The number of hydrogen-bond acceptors (Lipinski definition) is 5. The average Bonchev–Trinajstić information content (AvgIpc) is 3.06. The Labute approximate surface area is 173 Å². The molecular weight excluding hydrogens is 364 g/mol. The number of carbonyl (C=O) groups is 1. The summed E-state index contributed by atoms with van der Waals surface area (Å²) >= 11 is 0. The van der Waals surface area contributed by atoms with E-state index in [4.69, 9.17) is 5.10 Å². The highest BCUT2D eigenvalue weighted by atomic mass is 16.2. The molecule has 0 N–H and O–H groups in total. The lowest BCUT2D eigenvalue weighted by Gasteiger charge is -2.27. The monoisotopic (exact) mass is 396 g/mol. The van der Waals surface area contributed by atoms with Gasteiger partial charge in [0.15, 0.2) is 5.82 Å². The summed E-state index contributed by atoms with van der Waals surface area (Å²) in [5, 5.41) is 4.74. The zero-order valence-electron chi connectivity index (χ0n) is 17.7. The predicted molar refractivity (Wildman–Crippen MR) is 113 cm³/mol. The number of piperidine rings is 2. The highest BCUT2D eigenvalue weighted by Crippen LogP contribution is 2.22. The van der Waals surface area contributed by atoms with Crippen molar-refractivity contribution in [1.29, 1.82) is 0 Å². The maximum absolute atomic E-state index is 12.6. The first-order valence-corrected chi connectivity index (χ1v) is 11.0. The number of aromatic nitrogens is 4. The second kappa shape index (κ2) is 8.93. The van der Waals surface area contributed by atoms with E-state index < -0.39 is 0 Å². The molecule has 1 amide bonds. The molecule has 156 valence electrons. The molecule has 4 heterocycles. The molecule has 0 saturated carbocycles. The number of nitrogens with zero attached hydrogens (tertiary/aromatic N) is 6. The van der Waals surface area contributed by atoms with Crippen LogP contribution in [-0.4, -0.2) is 56.7 Å².